The highest BCUT2D eigenvalue weighted by Crippen LogP contribution is 2.14. The van der Waals surface area contributed by atoms with Crippen molar-refractivity contribution in [3.63, 3.8) is 0 Å². The fourth-order valence-corrected chi connectivity index (χ4v) is 2.41. The fourth-order valence-electron chi connectivity index (χ4n) is 2.41. The molecule has 0 fully saturated rings. The van der Waals surface area contributed by atoms with Crippen LogP contribution < -0.4 is 10.1 Å². The molecule has 0 unspecified atom stereocenters. The third-order valence-electron chi connectivity index (χ3n) is 3.53. The van der Waals surface area contributed by atoms with E-state index in [1.165, 1.54) is 0 Å². The molecule has 6 heteroatoms. The zero-order valence-electron chi connectivity index (χ0n) is 12.0. The summed E-state index contributed by atoms with van der Waals surface area (Å²) in [6.07, 6.45) is 1.52. The van der Waals surface area contributed by atoms with Crippen LogP contribution in [0.2, 0.25) is 0 Å². The molecule has 0 saturated heterocycles. The minimum Gasteiger partial charge on any atom is -0.481 e. The Bertz CT molecular complexity index is 624. The van der Waals surface area contributed by atoms with Gasteiger partial charge in [0.2, 0.25) is 0 Å². The number of nitrogens with zero attached hydrogens (tertiary/aromatic N) is 3. The van der Waals surface area contributed by atoms with Crippen LogP contribution in [0.15, 0.2) is 30.3 Å². The highest BCUT2D eigenvalue weighted by atomic mass is 16.5. The summed E-state index contributed by atoms with van der Waals surface area (Å²) in [5.41, 5.74) is 0. The fraction of sp³-hybridized carbons (Fsp3) is 0.400. The van der Waals surface area contributed by atoms with Crippen molar-refractivity contribution in [3.05, 3.63) is 42.0 Å². The Labute approximate surface area is 123 Å². The lowest BCUT2D eigenvalue weighted by molar-refractivity contribution is -0.127. The van der Waals surface area contributed by atoms with Crippen molar-refractivity contribution in [3.8, 4) is 5.75 Å². The van der Waals surface area contributed by atoms with Crippen molar-refractivity contribution >= 4 is 5.91 Å². The third-order valence-corrected chi connectivity index (χ3v) is 3.53. The average molecular weight is 286 g/mol. The van der Waals surface area contributed by atoms with Crippen LogP contribution in [0.3, 0.4) is 0 Å². The SMILES string of the molecule is C[C@@H](Oc1ccccc1)C(=O)NCc1nnc2n1CCC2. The van der Waals surface area contributed by atoms with Crippen LogP contribution in [0.25, 0.3) is 0 Å². The van der Waals surface area contributed by atoms with Gasteiger partial charge in [0.1, 0.15) is 11.6 Å². The van der Waals surface area contributed by atoms with Crippen LogP contribution >= 0.6 is 0 Å². The maximum atomic E-state index is 12.0. The molecule has 1 aromatic carbocycles. The van der Waals surface area contributed by atoms with Gasteiger partial charge in [-0.25, -0.2) is 0 Å². The molecule has 6 nitrogen and oxygen atoms in total. The third kappa shape index (κ3) is 3.04. The normalized spacial score (nSPS) is 14.5. The summed E-state index contributed by atoms with van der Waals surface area (Å²) in [6, 6.07) is 9.31. The van der Waals surface area contributed by atoms with Crippen LogP contribution in [0.4, 0.5) is 0 Å². The molecule has 1 atom stereocenters. The number of para-hydroxylation sites is 1. The van der Waals surface area contributed by atoms with Gasteiger partial charge in [0.05, 0.1) is 6.54 Å². The molecule has 0 radical (unpaired) electrons. The Hall–Kier alpha value is -2.37. The Morgan fingerprint density at radius 1 is 1.38 bits per heavy atom. The molecule has 1 aliphatic heterocycles. The summed E-state index contributed by atoms with van der Waals surface area (Å²) in [6.45, 7) is 3.05. The van der Waals surface area contributed by atoms with E-state index >= 15 is 0 Å². The molecule has 0 saturated carbocycles. The first-order valence-corrected chi connectivity index (χ1v) is 7.14. The number of ether oxygens (including phenoxy) is 1. The first-order chi connectivity index (χ1) is 10.2. The van der Waals surface area contributed by atoms with Gasteiger partial charge in [-0.1, -0.05) is 18.2 Å². The molecular formula is C15H18N4O2. The summed E-state index contributed by atoms with van der Waals surface area (Å²) < 4.78 is 7.66. The zero-order valence-corrected chi connectivity index (χ0v) is 12.0. The maximum Gasteiger partial charge on any atom is 0.261 e. The van der Waals surface area contributed by atoms with Gasteiger partial charge < -0.3 is 14.6 Å². The molecule has 0 bridgehead atoms. The van der Waals surface area contributed by atoms with Crippen molar-refractivity contribution in [1.29, 1.82) is 0 Å². The number of fused-ring (bicyclic) bond motifs is 1. The predicted molar refractivity (Wildman–Crippen MR) is 76.7 cm³/mol. The second-order valence-corrected chi connectivity index (χ2v) is 5.08. The monoisotopic (exact) mass is 286 g/mol. The first kappa shape index (κ1) is 13.6. The number of carbonyl (C=O) groups excluding carboxylic acids is 1. The van der Waals surface area contributed by atoms with Gasteiger partial charge in [-0.15, -0.1) is 10.2 Å². The number of carbonyl (C=O) groups is 1. The van der Waals surface area contributed by atoms with E-state index < -0.39 is 6.10 Å². The predicted octanol–water partition coefficient (Wildman–Crippen LogP) is 1.31. The number of rotatable bonds is 5. The van der Waals surface area contributed by atoms with E-state index in [9.17, 15) is 4.79 Å². The van der Waals surface area contributed by atoms with E-state index in [1.807, 2.05) is 30.3 Å². The number of aromatic nitrogens is 3. The molecule has 1 N–H and O–H groups in total. The summed E-state index contributed by atoms with van der Waals surface area (Å²) in [5.74, 6) is 2.34. The van der Waals surface area contributed by atoms with E-state index in [0.717, 1.165) is 31.0 Å². The standard InChI is InChI=1S/C15H18N4O2/c1-11(21-12-6-3-2-4-7-12)15(20)16-10-14-18-17-13-8-5-9-19(13)14/h2-4,6-7,11H,5,8-10H2,1H3,(H,16,20)/t11-/m1/s1. The summed E-state index contributed by atoms with van der Waals surface area (Å²) in [7, 11) is 0. The Morgan fingerprint density at radius 2 is 2.19 bits per heavy atom. The van der Waals surface area contributed by atoms with Crippen molar-refractivity contribution < 1.29 is 9.53 Å². The zero-order chi connectivity index (χ0) is 14.7. The summed E-state index contributed by atoms with van der Waals surface area (Å²) in [5, 5.41) is 11.1. The highest BCUT2D eigenvalue weighted by molar-refractivity contribution is 5.80. The van der Waals surface area contributed by atoms with Crippen molar-refractivity contribution in [1.82, 2.24) is 20.1 Å². The Balaban J connectivity index is 1.54. The second-order valence-electron chi connectivity index (χ2n) is 5.08. The molecule has 1 aromatic heterocycles. The average Bonchev–Trinajstić information content (AvgIpc) is 3.09. The van der Waals surface area contributed by atoms with E-state index in [2.05, 4.69) is 20.1 Å². The van der Waals surface area contributed by atoms with Gasteiger partial charge in [0.15, 0.2) is 11.9 Å². The van der Waals surface area contributed by atoms with E-state index in [4.69, 9.17) is 4.74 Å². The van der Waals surface area contributed by atoms with Gasteiger partial charge >= 0.3 is 0 Å². The molecule has 21 heavy (non-hydrogen) atoms. The van der Waals surface area contributed by atoms with Gasteiger partial charge in [-0.2, -0.15) is 0 Å². The highest BCUT2D eigenvalue weighted by Gasteiger charge is 2.19. The lowest BCUT2D eigenvalue weighted by atomic mass is 10.3. The maximum absolute atomic E-state index is 12.0. The molecule has 3 rings (SSSR count). The van der Waals surface area contributed by atoms with E-state index in [-0.39, 0.29) is 5.91 Å². The quantitative estimate of drug-likeness (QED) is 0.899. The van der Waals surface area contributed by atoms with Gasteiger partial charge in [0.25, 0.3) is 5.91 Å². The minimum absolute atomic E-state index is 0.158. The number of hydrogen-bond donors (Lipinski definition) is 1. The molecule has 0 aliphatic carbocycles. The number of aryl methyl sites for hydroxylation is 1. The number of hydrogen-bond acceptors (Lipinski definition) is 4. The summed E-state index contributed by atoms with van der Waals surface area (Å²) >= 11 is 0. The van der Waals surface area contributed by atoms with E-state index in [1.54, 1.807) is 6.92 Å². The Kier molecular flexibility index (Phi) is 3.85. The number of amides is 1. The van der Waals surface area contributed by atoms with E-state index in [0.29, 0.717) is 12.3 Å². The van der Waals surface area contributed by atoms with Crippen LogP contribution in [0.1, 0.15) is 25.0 Å². The molecule has 0 spiro atoms. The van der Waals surface area contributed by atoms with Crippen LogP contribution in [0, 0.1) is 0 Å². The molecule has 2 heterocycles. The molecular weight excluding hydrogens is 268 g/mol. The largest absolute Gasteiger partial charge is 0.481 e. The van der Waals surface area contributed by atoms with Crippen molar-refractivity contribution in [2.45, 2.75) is 39.0 Å². The topological polar surface area (TPSA) is 69.0 Å². The van der Waals surface area contributed by atoms with Crippen molar-refractivity contribution in [2.75, 3.05) is 0 Å². The smallest absolute Gasteiger partial charge is 0.261 e. The lowest BCUT2D eigenvalue weighted by Gasteiger charge is -2.14. The van der Waals surface area contributed by atoms with Crippen LogP contribution in [-0.2, 0) is 24.3 Å². The van der Waals surface area contributed by atoms with Crippen LogP contribution in [-0.4, -0.2) is 26.8 Å². The van der Waals surface area contributed by atoms with Crippen LogP contribution in [0.5, 0.6) is 5.75 Å². The lowest BCUT2D eigenvalue weighted by Crippen LogP contribution is -2.36. The second kappa shape index (κ2) is 5.95. The molecule has 110 valence electrons. The van der Waals surface area contributed by atoms with Gasteiger partial charge in [-0.05, 0) is 25.5 Å². The minimum atomic E-state index is -0.548. The molecule has 1 amide bonds. The van der Waals surface area contributed by atoms with Gasteiger partial charge in [0, 0.05) is 13.0 Å². The first-order valence-electron chi connectivity index (χ1n) is 7.14. The number of benzene rings is 1. The summed E-state index contributed by atoms with van der Waals surface area (Å²) in [4.78, 5) is 12.0. The number of nitrogens with one attached hydrogen (secondary N) is 1. The van der Waals surface area contributed by atoms with Gasteiger partial charge in [-0.3, -0.25) is 4.79 Å². The molecule has 1 aliphatic rings. The van der Waals surface area contributed by atoms with Crippen molar-refractivity contribution in [2.24, 2.45) is 0 Å². The molecule has 2 aromatic rings. The Morgan fingerprint density at radius 3 is 3.00 bits per heavy atom.